The normalized spacial score (nSPS) is 18.9. The maximum absolute atomic E-state index is 12.3. The van der Waals surface area contributed by atoms with E-state index in [0.717, 1.165) is 0 Å². The number of likely N-dealkylation sites (N-methyl/N-ethyl adjacent to an activating group) is 1. The Bertz CT molecular complexity index is 840. The molecule has 1 aromatic carbocycles. The van der Waals surface area contributed by atoms with E-state index in [1.54, 1.807) is 24.3 Å². The van der Waals surface area contributed by atoms with Crippen LogP contribution in [0.15, 0.2) is 24.3 Å². The molecule has 1 N–H and O–H groups in total. The molecule has 0 aromatic heterocycles. The number of amides is 2. The predicted molar refractivity (Wildman–Crippen MR) is 104 cm³/mol. The summed E-state index contributed by atoms with van der Waals surface area (Å²) in [6.07, 6.45) is -0.756. The Labute approximate surface area is 169 Å². The average Bonchev–Trinajstić information content (AvgIpc) is 3.00. The number of esters is 1. The Morgan fingerprint density at radius 1 is 1.29 bits per heavy atom. The van der Waals surface area contributed by atoms with E-state index in [4.69, 9.17) is 16.3 Å². The number of rotatable bonds is 7. The summed E-state index contributed by atoms with van der Waals surface area (Å²) in [5, 5.41) is 3.10. The number of sulfone groups is 1. The summed E-state index contributed by atoms with van der Waals surface area (Å²) in [6, 6.07) is 5.90. The molecule has 2 rings (SSSR count). The van der Waals surface area contributed by atoms with Crippen LogP contribution in [-0.4, -0.2) is 68.3 Å². The first-order valence-electron chi connectivity index (χ1n) is 8.79. The number of benzene rings is 1. The molecule has 2 atom stereocenters. The number of carbonyl (C=O) groups is 3. The predicted octanol–water partition coefficient (Wildman–Crippen LogP) is 1.04. The third-order valence-corrected chi connectivity index (χ3v) is 6.48. The second-order valence-electron chi connectivity index (χ2n) is 6.65. The molecule has 28 heavy (non-hydrogen) atoms. The van der Waals surface area contributed by atoms with Crippen molar-refractivity contribution in [3.8, 4) is 0 Å². The lowest BCUT2D eigenvalue weighted by Gasteiger charge is -2.26. The van der Waals surface area contributed by atoms with Gasteiger partial charge in [0.2, 0.25) is 0 Å². The Balaban J connectivity index is 1.75. The number of hydrogen-bond acceptors (Lipinski definition) is 6. The first-order chi connectivity index (χ1) is 13.1. The maximum atomic E-state index is 12.3. The third-order valence-electron chi connectivity index (χ3n) is 4.48. The zero-order valence-electron chi connectivity index (χ0n) is 15.7. The molecule has 2 amide bonds. The van der Waals surface area contributed by atoms with Gasteiger partial charge >= 0.3 is 5.97 Å². The first kappa shape index (κ1) is 22.2. The second kappa shape index (κ2) is 9.38. The van der Waals surface area contributed by atoms with Crippen LogP contribution in [0, 0.1) is 0 Å². The van der Waals surface area contributed by atoms with Crippen molar-refractivity contribution in [2.45, 2.75) is 31.9 Å². The maximum Gasteiger partial charge on any atom is 0.308 e. The number of nitrogens with one attached hydrogen (secondary N) is 1. The molecule has 0 bridgehead atoms. The highest BCUT2D eigenvalue weighted by molar-refractivity contribution is 7.91. The minimum atomic E-state index is -3.12. The SMILES string of the molecule is C[C@@H](OC(=O)CCNC(=O)c1ccc(Cl)cc1)C(=O)N(C)[C@H]1CCS(=O)(=O)C1. The van der Waals surface area contributed by atoms with E-state index < -0.39 is 33.9 Å². The molecule has 0 spiro atoms. The van der Waals surface area contributed by atoms with E-state index in [-0.39, 0.29) is 30.4 Å². The molecule has 154 valence electrons. The number of halogens is 1. The summed E-state index contributed by atoms with van der Waals surface area (Å²) in [7, 11) is -1.61. The Kier molecular flexibility index (Phi) is 7.42. The molecule has 1 aliphatic heterocycles. The molecular formula is C18H23ClN2O6S. The Morgan fingerprint density at radius 2 is 1.93 bits per heavy atom. The molecule has 8 nitrogen and oxygen atoms in total. The van der Waals surface area contributed by atoms with Crippen molar-refractivity contribution in [3.63, 3.8) is 0 Å². The van der Waals surface area contributed by atoms with E-state index >= 15 is 0 Å². The lowest BCUT2D eigenvalue weighted by Crippen LogP contribution is -2.44. The van der Waals surface area contributed by atoms with Gasteiger partial charge < -0.3 is 15.0 Å². The number of carbonyl (C=O) groups excluding carboxylic acids is 3. The summed E-state index contributed by atoms with van der Waals surface area (Å²) < 4.78 is 28.2. The van der Waals surface area contributed by atoms with Gasteiger partial charge in [-0.3, -0.25) is 14.4 Å². The van der Waals surface area contributed by atoms with Crippen LogP contribution in [0.5, 0.6) is 0 Å². The lowest BCUT2D eigenvalue weighted by molar-refractivity contribution is -0.159. The largest absolute Gasteiger partial charge is 0.452 e. The average molecular weight is 431 g/mol. The van der Waals surface area contributed by atoms with Gasteiger partial charge in [-0.2, -0.15) is 0 Å². The van der Waals surface area contributed by atoms with Crippen molar-refractivity contribution in [2.24, 2.45) is 0 Å². The first-order valence-corrected chi connectivity index (χ1v) is 11.0. The van der Waals surface area contributed by atoms with Crippen LogP contribution >= 0.6 is 11.6 Å². The highest BCUT2D eigenvalue weighted by Crippen LogP contribution is 2.17. The third kappa shape index (κ3) is 6.20. The summed E-state index contributed by atoms with van der Waals surface area (Å²) in [5.41, 5.74) is 0.412. The van der Waals surface area contributed by atoms with Gasteiger partial charge in [0.15, 0.2) is 15.9 Å². The van der Waals surface area contributed by atoms with E-state index in [1.807, 2.05) is 0 Å². The highest BCUT2D eigenvalue weighted by atomic mass is 35.5. The van der Waals surface area contributed by atoms with Crippen molar-refractivity contribution < 1.29 is 27.5 Å². The fourth-order valence-electron chi connectivity index (χ4n) is 2.84. The topological polar surface area (TPSA) is 110 Å². The van der Waals surface area contributed by atoms with Gasteiger partial charge in [-0.15, -0.1) is 0 Å². The Morgan fingerprint density at radius 3 is 2.50 bits per heavy atom. The van der Waals surface area contributed by atoms with Crippen LogP contribution in [0.25, 0.3) is 0 Å². The van der Waals surface area contributed by atoms with Crippen molar-refractivity contribution in [1.82, 2.24) is 10.2 Å². The number of hydrogen-bond donors (Lipinski definition) is 1. The number of ether oxygens (including phenoxy) is 1. The fraction of sp³-hybridized carbons (Fsp3) is 0.500. The summed E-state index contributed by atoms with van der Waals surface area (Å²) in [5.74, 6) is -1.47. The minimum Gasteiger partial charge on any atom is -0.452 e. The molecule has 0 radical (unpaired) electrons. The zero-order valence-corrected chi connectivity index (χ0v) is 17.3. The standard InChI is InChI=1S/C18H23ClN2O6S/c1-12(18(24)21(2)15-8-10-28(25,26)11-15)27-16(22)7-9-20-17(23)13-3-5-14(19)6-4-13/h3-6,12,15H,7-11H2,1-2H3,(H,20,23)/t12-,15+/m1/s1. The molecule has 1 fully saturated rings. The van der Waals surface area contributed by atoms with Crippen LogP contribution < -0.4 is 5.32 Å². The molecule has 10 heteroatoms. The van der Waals surface area contributed by atoms with E-state index in [0.29, 0.717) is 17.0 Å². The van der Waals surface area contributed by atoms with Crippen molar-refractivity contribution in [2.75, 3.05) is 25.1 Å². The van der Waals surface area contributed by atoms with Crippen molar-refractivity contribution in [1.29, 1.82) is 0 Å². The summed E-state index contributed by atoms with van der Waals surface area (Å²) in [6.45, 7) is 1.49. The Hall–Kier alpha value is -2.13. The van der Waals surface area contributed by atoms with Gasteiger partial charge in [-0.1, -0.05) is 11.6 Å². The summed E-state index contributed by atoms with van der Waals surface area (Å²) >= 11 is 5.76. The molecule has 1 aliphatic rings. The van der Waals surface area contributed by atoms with Crippen LogP contribution in [0.3, 0.4) is 0 Å². The molecule has 0 aliphatic carbocycles. The van der Waals surface area contributed by atoms with Crippen LogP contribution in [0.4, 0.5) is 0 Å². The molecule has 0 unspecified atom stereocenters. The van der Waals surface area contributed by atoms with Gasteiger partial charge in [0.25, 0.3) is 11.8 Å². The van der Waals surface area contributed by atoms with Gasteiger partial charge in [-0.25, -0.2) is 8.42 Å². The second-order valence-corrected chi connectivity index (χ2v) is 9.32. The van der Waals surface area contributed by atoms with E-state index in [1.165, 1.54) is 18.9 Å². The molecule has 1 heterocycles. The monoisotopic (exact) mass is 430 g/mol. The smallest absolute Gasteiger partial charge is 0.308 e. The van der Waals surface area contributed by atoms with Crippen molar-refractivity contribution >= 4 is 39.2 Å². The van der Waals surface area contributed by atoms with Crippen molar-refractivity contribution in [3.05, 3.63) is 34.9 Å². The quantitative estimate of drug-likeness (QED) is 0.647. The molecular weight excluding hydrogens is 408 g/mol. The molecule has 1 aromatic rings. The van der Waals surface area contributed by atoms with Gasteiger partial charge in [0, 0.05) is 30.2 Å². The minimum absolute atomic E-state index is 0.0524. The molecule has 0 saturated carbocycles. The highest BCUT2D eigenvalue weighted by Gasteiger charge is 2.34. The summed E-state index contributed by atoms with van der Waals surface area (Å²) in [4.78, 5) is 37.5. The van der Waals surface area contributed by atoms with Crippen LogP contribution in [0.1, 0.15) is 30.1 Å². The zero-order chi connectivity index (χ0) is 20.9. The lowest BCUT2D eigenvalue weighted by atomic mass is 10.2. The molecule has 1 saturated heterocycles. The van der Waals surface area contributed by atoms with Gasteiger partial charge in [0.1, 0.15) is 0 Å². The van der Waals surface area contributed by atoms with E-state index in [2.05, 4.69) is 5.32 Å². The van der Waals surface area contributed by atoms with Crippen LogP contribution in [-0.2, 0) is 24.2 Å². The van der Waals surface area contributed by atoms with Gasteiger partial charge in [-0.05, 0) is 37.6 Å². The van der Waals surface area contributed by atoms with Gasteiger partial charge in [0.05, 0.1) is 17.9 Å². The van der Waals surface area contributed by atoms with Crippen LogP contribution in [0.2, 0.25) is 5.02 Å². The fourth-order valence-corrected chi connectivity index (χ4v) is 4.74. The number of nitrogens with zero attached hydrogens (tertiary/aromatic N) is 1. The van der Waals surface area contributed by atoms with E-state index in [9.17, 15) is 22.8 Å².